The number of pyridine rings is 1. The quantitative estimate of drug-likeness (QED) is 0.898. The second kappa shape index (κ2) is 5.83. The Hall–Kier alpha value is -0.610. The third-order valence-corrected chi connectivity index (χ3v) is 4.13. The fourth-order valence-electron chi connectivity index (χ4n) is 2.54. The molecule has 1 aliphatic rings. The molecule has 0 aromatic carbocycles. The fraction of sp³-hybridized carbons (Fsp3) is 0.615. The molecule has 3 N–H and O–H groups in total. The van der Waals surface area contributed by atoms with Crippen molar-refractivity contribution in [2.45, 2.75) is 38.6 Å². The molecule has 0 spiro atoms. The Bertz CT molecular complexity index is 375. The van der Waals surface area contributed by atoms with E-state index < -0.39 is 0 Å². The standard InChI is InChI=1S/C13H20BrN3/c1-9-6-11(14)13(16-8-9)17-12(7-15)10-4-2-3-5-10/h6,8,10,12H,2-5,7,15H2,1H3,(H,16,17). The molecule has 1 aromatic heterocycles. The van der Waals surface area contributed by atoms with E-state index in [2.05, 4.69) is 32.3 Å². The zero-order chi connectivity index (χ0) is 12.3. The molecule has 17 heavy (non-hydrogen) atoms. The summed E-state index contributed by atoms with van der Waals surface area (Å²) in [4.78, 5) is 4.42. The van der Waals surface area contributed by atoms with Gasteiger partial charge in [0, 0.05) is 18.8 Å². The lowest BCUT2D eigenvalue weighted by molar-refractivity contribution is 0.461. The number of halogens is 1. The van der Waals surface area contributed by atoms with Crippen molar-refractivity contribution in [3.05, 3.63) is 22.3 Å². The van der Waals surface area contributed by atoms with Crippen molar-refractivity contribution in [1.82, 2.24) is 4.98 Å². The van der Waals surface area contributed by atoms with E-state index in [1.165, 1.54) is 25.7 Å². The van der Waals surface area contributed by atoms with Gasteiger partial charge in [0.1, 0.15) is 5.82 Å². The van der Waals surface area contributed by atoms with Gasteiger partial charge in [-0.2, -0.15) is 0 Å². The van der Waals surface area contributed by atoms with Gasteiger partial charge in [-0.25, -0.2) is 4.98 Å². The molecule has 0 amide bonds. The summed E-state index contributed by atoms with van der Waals surface area (Å²) in [7, 11) is 0. The normalized spacial score (nSPS) is 18.3. The van der Waals surface area contributed by atoms with Gasteiger partial charge in [0.15, 0.2) is 0 Å². The first-order valence-corrected chi connectivity index (χ1v) is 7.08. The van der Waals surface area contributed by atoms with Gasteiger partial charge in [0.05, 0.1) is 4.47 Å². The van der Waals surface area contributed by atoms with Crippen molar-refractivity contribution in [2.24, 2.45) is 11.7 Å². The van der Waals surface area contributed by atoms with Crippen LogP contribution in [0.2, 0.25) is 0 Å². The molecule has 2 rings (SSSR count). The second-order valence-corrected chi connectivity index (χ2v) is 5.73. The Morgan fingerprint density at radius 1 is 1.53 bits per heavy atom. The summed E-state index contributed by atoms with van der Waals surface area (Å²) in [5, 5.41) is 3.48. The summed E-state index contributed by atoms with van der Waals surface area (Å²) in [6.45, 7) is 2.71. The van der Waals surface area contributed by atoms with Crippen molar-refractivity contribution >= 4 is 21.7 Å². The van der Waals surface area contributed by atoms with Gasteiger partial charge in [-0.15, -0.1) is 0 Å². The largest absolute Gasteiger partial charge is 0.365 e. The molecule has 4 heteroatoms. The predicted molar refractivity (Wildman–Crippen MR) is 75.1 cm³/mol. The molecule has 0 radical (unpaired) electrons. The molecular formula is C13H20BrN3. The molecule has 0 saturated heterocycles. The van der Waals surface area contributed by atoms with Crippen molar-refractivity contribution in [3.63, 3.8) is 0 Å². The first kappa shape index (κ1) is 12.8. The van der Waals surface area contributed by atoms with E-state index in [0.717, 1.165) is 15.9 Å². The average molecular weight is 298 g/mol. The van der Waals surface area contributed by atoms with Crippen molar-refractivity contribution in [3.8, 4) is 0 Å². The van der Waals surface area contributed by atoms with E-state index in [1.807, 2.05) is 13.1 Å². The Balaban J connectivity index is 2.06. The minimum Gasteiger partial charge on any atom is -0.365 e. The van der Waals surface area contributed by atoms with Crippen LogP contribution in [0.4, 0.5) is 5.82 Å². The van der Waals surface area contributed by atoms with Crippen molar-refractivity contribution < 1.29 is 0 Å². The summed E-state index contributed by atoms with van der Waals surface area (Å²) in [6, 6.07) is 2.43. The third-order valence-electron chi connectivity index (χ3n) is 3.52. The summed E-state index contributed by atoms with van der Waals surface area (Å²) in [5.41, 5.74) is 7.03. The molecule has 1 unspecified atom stereocenters. The zero-order valence-electron chi connectivity index (χ0n) is 10.2. The first-order chi connectivity index (χ1) is 8.20. The first-order valence-electron chi connectivity index (χ1n) is 6.29. The zero-order valence-corrected chi connectivity index (χ0v) is 11.8. The van der Waals surface area contributed by atoms with E-state index >= 15 is 0 Å². The van der Waals surface area contributed by atoms with E-state index in [-0.39, 0.29) is 0 Å². The molecule has 1 atom stereocenters. The summed E-state index contributed by atoms with van der Waals surface area (Å²) >= 11 is 3.55. The molecule has 1 aliphatic carbocycles. The minimum atomic E-state index is 0.351. The maximum Gasteiger partial charge on any atom is 0.140 e. The highest BCUT2D eigenvalue weighted by atomic mass is 79.9. The third kappa shape index (κ3) is 3.19. The molecule has 1 saturated carbocycles. The van der Waals surface area contributed by atoms with Crippen LogP contribution in [0.25, 0.3) is 0 Å². The number of aromatic nitrogens is 1. The highest BCUT2D eigenvalue weighted by Crippen LogP contribution is 2.30. The molecule has 0 aliphatic heterocycles. The van der Waals surface area contributed by atoms with Gasteiger partial charge in [-0.3, -0.25) is 0 Å². The van der Waals surface area contributed by atoms with E-state index in [9.17, 15) is 0 Å². The van der Waals surface area contributed by atoms with Gasteiger partial charge < -0.3 is 11.1 Å². The maximum atomic E-state index is 5.87. The van der Waals surface area contributed by atoms with Crippen LogP contribution >= 0.6 is 15.9 Å². The van der Waals surface area contributed by atoms with E-state index in [0.29, 0.717) is 18.5 Å². The van der Waals surface area contributed by atoms with Gasteiger partial charge in [-0.05, 0) is 53.2 Å². The predicted octanol–water partition coefficient (Wildman–Crippen LogP) is 3.08. The Morgan fingerprint density at radius 2 is 2.24 bits per heavy atom. The number of aryl methyl sites for hydroxylation is 1. The molecule has 0 bridgehead atoms. The van der Waals surface area contributed by atoms with Crippen LogP contribution in [0, 0.1) is 12.8 Å². The van der Waals surface area contributed by atoms with Crippen LogP contribution in [-0.4, -0.2) is 17.6 Å². The van der Waals surface area contributed by atoms with Gasteiger partial charge in [0.2, 0.25) is 0 Å². The Morgan fingerprint density at radius 3 is 2.82 bits per heavy atom. The van der Waals surface area contributed by atoms with E-state index in [4.69, 9.17) is 5.73 Å². The number of nitrogens with one attached hydrogen (secondary N) is 1. The highest BCUT2D eigenvalue weighted by Gasteiger charge is 2.24. The monoisotopic (exact) mass is 297 g/mol. The topological polar surface area (TPSA) is 50.9 Å². The molecule has 94 valence electrons. The number of nitrogens with two attached hydrogens (primary N) is 1. The van der Waals surface area contributed by atoms with Crippen molar-refractivity contribution in [2.75, 3.05) is 11.9 Å². The fourth-order valence-corrected chi connectivity index (χ4v) is 3.12. The van der Waals surface area contributed by atoms with Crippen LogP contribution in [0.15, 0.2) is 16.7 Å². The molecule has 3 nitrogen and oxygen atoms in total. The van der Waals surface area contributed by atoms with Gasteiger partial charge in [-0.1, -0.05) is 12.8 Å². The van der Waals surface area contributed by atoms with Crippen LogP contribution < -0.4 is 11.1 Å². The van der Waals surface area contributed by atoms with E-state index in [1.54, 1.807) is 0 Å². The summed E-state index contributed by atoms with van der Waals surface area (Å²) in [6.07, 6.45) is 7.14. The number of nitrogens with zero attached hydrogens (tertiary/aromatic N) is 1. The van der Waals surface area contributed by atoms with Gasteiger partial charge >= 0.3 is 0 Å². The number of hydrogen-bond donors (Lipinski definition) is 2. The lowest BCUT2D eigenvalue weighted by atomic mass is 9.98. The second-order valence-electron chi connectivity index (χ2n) is 4.87. The molecular weight excluding hydrogens is 278 g/mol. The SMILES string of the molecule is Cc1cnc(NC(CN)C2CCCC2)c(Br)c1. The number of rotatable bonds is 4. The molecule has 1 fully saturated rings. The Kier molecular flexibility index (Phi) is 4.40. The average Bonchev–Trinajstić information content (AvgIpc) is 2.81. The highest BCUT2D eigenvalue weighted by molar-refractivity contribution is 9.10. The van der Waals surface area contributed by atoms with Gasteiger partial charge in [0.25, 0.3) is 0 Å². The van der Waals surface area contributed by atoms with Crippen molar-refractivity contribution in [1.29, 1.82) is 0 Å². The van der Waals surface area contributed by atoms with Crippen LogP contribution in [0.5, 0.6) is 0 Å². The van der Waals surface area contributed by atoms with Crippen LogP contribution in [0.1, 0.15) is 31.2 Å². The summed E-state index contributed by atoms with van der Waals surface area (Å²) in [5.74, 6) is 1.62. The Labute approximate surface area is 111 Å². The smallest absolute Gasteiger partial charge is 0.140 e. The summed E-state index contributed by atoms with van der Waals surface area (Å²) < 4.78 is 1.02. The lowest BCUT2D eigenvalue weighted by Crippen LogP contribution is -2.35. The lowest BCUT2D eigenvalue weighted by Gasteiger charge is -2.24. The minimum absolute atomic E-state index is 0.351. The number of anilines is 1. The molecule has 1 aromatic rings. The van der Waals surface area contributed by atoms with Crippen LogP contribution in [-0.2, 0) is 0 Å². The van der Waals surface area contributed by atoms with Crippen LogP contribution in [0.3, 0.4) is 0 Å². The maximum absolute atomic E-state index is 5.87. The number of hydrogen-bond acceptors (Lipinski definition) is 3. The molecule has 1 heterocycles.